The number of rotatable bonds is 7. The zero-order chi connectivity index (χ0) is 21.9. The molecule has 0 aliphatic carbocycles. The number of halogens is 4. The second-order valence-corrected chi connectivity index (χ2v) is 6.70. The van der Waals surface area contributed by atoms with Crippen LogP contribution in [0.4, 0.5) is 17.6 Å². The van der Waals surface area contributed by atoms with Crippen LogP contribution in [-0.2, 0) is 15.9 Å². The molecule has 0 aliphatic heterocycles. The minimum Gasteiger partial charge on any atom is -0.494 e. The van der Waals surface area contributed by atoms with E-state index in [1.54, 1.807) is 6.92 Å². The molecule has 2 atom stereocenters. The first-order valence-electron chi connectivity index (χ1n) is 8.78. The van der Waals surface area contributed by atoms with Crippen molar-refractivity contribution in [2.75, 3.05) is 13.2 Å². The van der Waals surface area contributed by atoms with Gasteiger partial charge in [0.2, 0.25) is 5.54 Å². The molecule has 158 valence electrons. The molecule has 0 fully saturated rings. The lowest BCUT2D eigenvalue weighted by atomic mass is 9.87. The first-order chi connectivity index (χ1) is 13.4. The van der Waals surface area contributed by atoms with Gasteiger partial charge in [-0.25, -0.2) is 4.39 Å². The zero-order valence-corrected chi connectivity index (χ0v) is 15.9. The topological polar surface area (TPSA) is 84.6 Å². The van der Waals surface area contributed by atoms with E-state index in [0.29, 0.717) is 0 Å². The van der Waals surface area contributed by atoms with E-state index in [1.807, 2.05) is 0 Å². The van der Waals surface area contributed by atoms with Gasteiger partial charge in [-0.15, -0.1) is 0 Å². The van der Waals surface area contributed by atoms with Gasteiger partial charge in [-0.3, -0.25) is 4.79 Å². The first-order valence-corrected chi connectivity index (χ1v) is 8.78. The van der Waals surface area contributed by atoms with E-state index < -0.39 is 41.1 Å². The van der Waals surface area contributed by atoms with Crippen molar-refractivity contribution in [2.24, 2.45) is 5.73 Å². The Morgan fingerprint density at radius 2 is 1.72 bits per heavy atom. The molecule has 0 saturated heterocycles. The fourth-order valence-corrected chi connectivity index (χ4v) is 2.78. The van der Waals surface area contributed by atoms with E-state index in [4.69, 9.17) is 10.5 Å². The monoisotopic (exact) mass is 414 g/mol. The van der Waals surface area contributed by atoms with Gasteiger partial charge in [0, 0.05) is 5.56 Å². The van der Waals surface area contributed by atoms with Crippen LogP contribution in [-0.4, -0.2) is 30.3 Å². The van der Waals surface area contributed by atoms with Crippen molar-refractivity contribution in [2.45, 2.75) is 31.2 Å². The third-order valence-electron chi connectivity index (χ3n) is 4.48. The number of para-hydroxylation sites is 1. The molecule has 0 spiro atoms. The van der Waals surface area contributed by atoms with Gasteiger partial charge in [0.15, 0.2) is 0 Å². The number of hydrogen-bond donors (Lipinski definition) is 3. The molecular formula is C20H22F4N2O3. The van der Waals surface area contributed by atoms with Crippen LogP contribution in [0.15, 0.2) is 48.5 Å². The van der Waals surface area contributed by atoms with E-state index in [9.17, 15) is 27.5 Å². The summed E-state index contributed by atoms with van der Waals surface area (Å²) >= 11 is 0. The second-order valence-electron chi connectivity index (χ2n) is 6.70. The molecule has 2 aromatic carbocycles. The number of hydrogen-bond acceptors (Lipinski definition) is 4. The Bertz CT molecular complexity index is 854. The molecule has 2 rings (SSSR count). The minimum absolute atomic E-state index is 0.0752. The number of nitrogens with one attached hydrogen (secondary N) is 1. The number of alkyl halides is 3. The van der Waals surface area contributed by atoms with Gasteiger partial charge < -0.3 is 20.9 Å². The third kappa shape index (κ3) is 4.68. The van der Waals surface area contributed by atoms with Crippen molar-refractivity contribution in [3.63, 3.8) is 0 Å². The predicted octanol–water partition coefficient (Wildman–Crippen LogP) is 2.96. The highest BCUT2D eigenvalue weighted by molar-refractivity contribution is 5.89. The number of amides is 1. The van der Waals surface area contributed by atoms with Crippen LogP contribution in [0.3, 0.4) is 0 Å². The molecular weight excluding hydrogens is 392 g/mol. The van der Waals surface area contributed by atoms with Crippen LogP contribution in [0.2, 0.25) is 0 Å². The highest BCUT2D eigenvalue weighted by Gasteiger charge is 2.60. The Hall–Kier alpha value is -2.65. The maximum absolute atomic E-state index is 13.9. The van der Waals surface area contributed by atoms with Crippen molar-refractivity contribution in [1.29, 1.82) is 0 Å². The van der Waals surface area contributed by atoms with Gasteiger partial charge in [-0.1, -0.05) is 30.3 Å². The van der Waals surface area contributed by atoms with E-state index in [0.717, 1.165) is 18.2 Å². The summed E-state index contributed by atoms with van der Waals surface area (Å²) in [6.45, 7) is 2.36. The molecule has 29 heavy (non-hydrogen) atoms. The Labute approximate surface area is 165 Å². The number of aliphatic hydroxyl groups is 1. The van der Waals surface area contributed by atoms with Crippen LogP contribution in [0.5, 0.6) is 5.75 Å². The SMILES string of the molecule is CCOc1ccccc1C(N)(C(=O)NCC(C)(O)c1ccc(F)cc1)C(F)(F)F. The molecule has 5 nitrogen and oxygen atoms in total. The van der Waals surface area contributed by atoms with Crippen molar-refractivity contribution in [3.05, 3.63) is 65.5 Å². The molecule has 4 N–H and O–H groups in total. The zero-order valence-electron chi connectivity index (χ0n) is 15.9. The molecule has 2 aromatic rings. The van der Waals surface area contributed by atoms with Crippen LogP contribution in [0.1, 0.15) is 25.0 Å². The van der Waals surface area contributed by atoms with Crippen molar-refractivity contribution in [3.8, 4) is 5.75 Å². The summed E-state index contributed by atoms with van der Waals surface area (Å²) in [6.07, 6.45) is -5.15. The number of nitrogens with two attached hydrogens (primary N) is 1. The van der Waals surface area contributed by atoms with Gasteiger partial charge in [0.1, 0.15) is 17.2 Å². The Morgan fingerprint density at radius 3 is 2.28 bits per heavy atom. The summed E-state index contributed by atoms with van der Waals surface area (Å²) < 4.78 is 60.0. The summed E-state index contributed by atoms with van der Waals surface area (Å²) in [5.41, 5.74) is 0.115. The smallest absolute Gasteiger partial charge is 0.419 e. The fourth-order valence-electron chi connectivity index (χ4n) is 2.78. The molecule has 0 bridgehead atoms. The minimum atomic E-state index is -5.15. The van der Waals surface area contributed by atoms with E-state index in [2.05, 4.69) is 5.32 Å². The highest BCUT2D eigenvalue weighted by atomic mass is 19.4. The van der Waals surface area contributed by atoms with Gasteiger partial charge in [-0.05, 0) is 37.6 Å². The molecule has 0 aliphatic rings. The Kier molecular flexibility index (Phi) is 6.54. The summed E-state index contributed by atoms with van der Waals surface area (Å²) in [4.78, 5) is 12.6. The van der Waals surface area contributed by atoms with Gasteiger partial charge >= 0.3 is 6.18 Å². The highest BCUT2D eigenvalue weighted by Crippen LogP contribution is 2.41. The molecule has 0 heterocycles. The van der Waals surface area contributed by atoms with Crippen molar-refractivity contribution < 1.29 is 32.2 Å². The summed E-state index contributed by atoms with van der Waals surface area (Å²) in [7, 11) is 0. The Balaban J connectivity index is 2.34. The van der Waals surface area contributed by atoms with Crippen molar-refractivity contribution in [1.82, 2.24) is 5.32 Å². The molecule has 9 heteroatoms. The summed E-state index contributed by atoms with van der Waals surface area (Å²) in [5, 5.41) is 12.6. The fraction of sp³-hybridized carbons (Fsp3) is 0.350. The number of benzene rings is 2. The largest absolute Gasteiger partial charge is 0.494 e. The van der Waals surface area contributed by atoms with E-state index in [1.165, 1.54) is 37.3 Å². The van der Waals surface area contributed by atoms with Gasteiger partial charge in [0.05, 0.1) is 13.2 Å². The number of carbonyl (C=O) groups excluding carboxylic acids is 1. The first kappa shape index (κ1) is 22.6. The summed E-state index contributed by atoms with van der Waals surface area (Å²) in [5.74, 6) is -2.27. The lowest BCUT2D eigenvalue weighted by Crippen LogP contribution is -2.61. The average molecular weight is 414 g/mol. The Morgan fingerprint density at radius 1 is 1.14 bits per heavy atom. The van der Waals surface area contributed by atoms with Crippen LogP contribution in [0.25, 0.3) is 0 Å². The van der Waals surface area contributed by atoms with Crippen LogP contribution >= 0.6 is 0 Å². The quantitative estimate of drug-likeness (QED) is 0.609. The lowest BCUT2D eigenvalue weighted by Gasteiger charge is -2.33. The van der Waals surface area contributed by atoms with Crippen molar-refractivity contribution >= 4 is 5.91 Å². The predicted molar refractivity (Wildman–Crippen MR) is 98.5 cm³/mol. The van der Waals surface area contributed by atoms with Gasteiger partial charge in [0.25, 0.3) is 5.91 Å². The maximum Gasteiger partial charge on any atom is 0.419 e. The molecule has 0 saturated carbocycles. The van der Waals surface area contributed by atoms with Gasteiger partial charge in [-0.2, -0.15) is 13.2 Å². The second kappa shape index (κ2) is 8.38. The van der Waals surface area contributed by atoms with E-state index in [-0.39, 0.29) is 17.9 Å². The lowest BCUT2D eigenvalue weighted by molar-refractivity contribution is -0.195. The normalized spacial score (nSPS) is 15.9. The summed E-state index contributed by atoms with van der Waals surface area (Å²) in [6, 6.07) is 9.84. The standard InChI is InChI=1S/C20H22F4N2O3/c1-3-29-16-7-5-4-6-15(16)19(25,20(22,23)24)17(27)26-12-18(2,28)13-8-10-14(21)11-9-13/h4-11,28H,3,12,25H2,1-2H3,(H,26,27). The van der Waals surface area contributed by atoms with E-state index >= 15 is 0 Å². The number of carbonyl (C=O) groups is 1. The van der Waals surface area contributed by atoms with Crippen LogP contribution in [0, 0.1) is 5.82 Å². The van der Waals surface area contributed by atoms with Crippen LogP contribution < -0.4 is 15.8 Å². The molecule has 1 amide bonds. The average Bonchev–Trinajstić information content (AvgIpc) is 2.65. The molecule has 2 unspecified atom stereocenters. The number of ether oxygens (including phenoxy) is 1. The maximum atomic E-state index is 13.9. The third-order valence-corrected chi connectivity index (χ3v) is 4.48. The molecule has 0 radical (unpaired) electrons. The molecule has 0 aromatic heterocycles.